The molecule has 3 aliphatic heterocycles. The summed E-state index contributed by atoms with van der Waals surface area (Å²) in [5, 5.41) is 5.02. The number of pyridine rings is 2. The van der Waals surface area contributed by atoms with Crippen LogP contribution in [0.25, 0.3) is 22.5 Å². The first kappa shape index (κ1) is 33.8. The van der Waals surface area contributed by atoms with E-state index in [9.17, 15) is 0 Å². The van der Waals surface area contributed by atoms with Gasteiger partial charge in [0.2, 0.25) is 23.1 Å². The summed E-state index contributed by atoms with van der Waals surface area (Å²) in [6, 6.07) is 16.6. The first-order valence-corrected chi connectivity index (χ1v) is 22.4. The molecule has 7 rings (SSSR count). The molecule has 0 amide bonds. The Balaban J connectivity index is 1.46. The molecule has 0 bridgehead atoms. The van der Waals surface area contributed by atoms with Crippen LogP contribution in [0.1, 0.15) is 106 Å². The molecule has 3 unspecified atom stereocenters. The van der Waals surface area contributed by atoms with Crippen LogP contribution in [0.2, 0.25) is 19.6 Å². The molecule has 5 heteroatoms. The lowest BCUT2D eigenvalue weighted by atomic mass is 9.77. The number of nitrogens with one attached hydrogen (secondary N) is 1. The Morgan fingerprint density at radius 2 is 1.69 bits per heavy atom. The number of hydrogen-bond donors (Lipinski definition) is 1. The van der Waals surface area contributed by atoms with Gasteiger partial charge in [0.15, 0.2) is 18.3 Å². The highest BCUT2D eigenvalue weighted by Gasteiger charge is 2.48. The maximum Gasteiger partial charge on any atom is 0.249 e. The number of aromatic nitrogens is 2. The highest BCUT2D eigenvalue weighted by atomic mass is 28.3. The first-order valence-electron chi connectivity index (χ1n) is 18.9. The van der Waals surface area contributed by atoms with Gasteiger partial charge in [-0.15, -0.1) is 0 Å². The highest BCUT2D eigenvalue weighted by Crippen LogP contribution is 2.46. The van der Waals surface area contributed by atoms with Crippen molar-refractivity contribution in [3.05, 3.63) is 114 Å². The molecule has 0 saturated heterocycles. The van der Waals surface area contributed by atoms with E-state index in [0.717, 1.165) is 42.1 Å². The fourth-order valence-electron chi connectivity index (χ4n) is 9.35. The monoisotopic (exact) mass is 671 g/mol. The van der Waals surface area contributed by atoms with Crippen LogP contribution in [0.3, 0.4) is 0 Å². The minimum absolute atomic E-state index is 0.0686. The van der Waals surface area contributed by atoms with Crippen molar-refractivity contribution in [2.24, 2.45) is 11.8 Å². The van der Waals surface area contributed by atoms with E-state index in [0.29, 0.717) is 30.0 Å². The molecule has 0 spiro atoms. The number of allylic oxidation sites excluding steroid dienone is 2. The maximum atomic E-state index is 6.25. The van der Waals surface area contributed by atoms with Crippen LogP contribution in [-0.2, 0) is 11.2 Å². The second-order valence-electron chi connectivity index (χ2n) is 16.7. The molecule has 4 nitrogen and oxygen atoms in total. The van der Waals surface area contributed by atoms with Crippen molar-refractivity contribution in [3.8, 4) is 11.3 Å². The molecule has 2 aromatic heterocycles. The van der Waals surface area contributed by atoms with Crippen LogP contribution in [0.5, 0.6) is 0 Å². The van der Waals surface area contributed by atoms with Gasteiger partial charge in [-0.05, 0) is 91.3 Å². The summed E-state index contributed by atoms with van der Waals surface area (Å²) in [7, 11) is -1.67. The predicted octanol–water partition coefficient (Wildman–Crippen LogP) is 9.32. The summed E-state index contributed by atoms with van der Waals surface area (Å²) in [6.07, 6.45) is 14.6. The van der Waals surface area contributed by atoms with E-state index < -0.39 is 8.07 Å². The lowest BCUT2D eigenvalue weighted by Gasteiger charge is -2.32. The molecule has 1 N–H and O–H groups in total. The Kier molecular flexibility index (Phi) is 9.10. The quantitative estimate of drug-likeness (QED) is 0.216. The second-order valence-corrected chi connectivity index (χ2v) is 21.7. The molecule has 0 radical (unpaired) electrons. The summed E-state index contributed by atoms with van der Waals surface area (Å²) < 4.78 is 11.3. The Morgan fingerprint density at radius 1 is 0.939 bits per heavy atom. The average molecular weight is 672 g/mol. The second kappa shape index (κ2) is 13.2. The number of nitrogens with zero attached hydrogens (tertiary/aromatic N) is 2. The van der Waals surface area contributed by atoms with Gasteiger partial charge in [0.1, 0.15) is 5.76 Å². The molecule has 1 aromatic carbocycles. The molecule has 1 saturated carbocycles. The van der Waals surface area contributed by atoms with E-state index in [4.69, 9.17) is 11.3 Å². The van der Waals surface area contributed by atoms with Crippen molar-refractivity contribution < 1.29 is 13.9 Å². The SMILES string of the molecule is C=C1NCC2=C(C(=C)O1)c1cc(C(C)C3CCCCC3)cc[n+]1C(=C)C1C(CC2)c2ccccc2-c2cc(CC(C)C)c([Si](C)(C)C)c[n+]21. The lowest BCUT2D eigenvalue weighted by Crippen LogP contribution is -2.57. The van der Waals surface area contributed by atoms with Crippen LogP contribution in [-0.4, -0.2) is 14.6 Å². The Bertz CT molecular complexity index is 1850. The number of benzene rings is 1. The van der Waals surface area contributed by atoms with E-state index in [-0.39, 0.29) is 12.0 Å². The number of rotatable bonds is 5. The van der Waals surface area contributed by atoms with E-state index in [1.165, 1.54) is 65.6 Å². The fourth-order valence-corrected chi connectivity index (χ4v) is 11.0. The minimum atomic E-state index is -1.67. The third kappa shape index (κ3) is 6.28. The summed E-state index contributed by atoms with van der Waals surface area (Å²) in [4.78, 5) is 0. The fraction of sp³-hybridized carbons (Fsp3) is 0.455. The Labute approximate surface area is 296 Å². The number of hydrogen-bond acceptors (Lipinski definition) is 2. The van der Waals surface area contributed by atoms with Crippen molar-refractivity contribution in [3.63, 3.8) is 0 Å². The van der Waals surface area contributed by atoms with Crippen molar-refractivity contribution >= 4 is 24.5 Å². The molecule has 1 aliphatic carbocycles. The van der Waals surface area contributed by atoms with Gasteiger partial charge < -0.3 is 10.1 Å². The third-order valence-corrected chi connectivity index (χ3v) is 13.9. The van der Waals surface area contributed by atoms with Gasteiger partial charge in [0.25, 0.3) is 0 Å². The van der Waals surface area contributed by atoms with E-state index in [1.54, 1.807) is 5.19 Å². The zero-order valence-corrected chi connectivity index (χ0v) is 31.9. The third-order valence-electron chi connectivity index (χ3n) is 11.9. The van der Waals surface area contributed by atoms with E-state index >= 15 is 0 Å². The van der Waals surface area contributed by atoms with Gasteiger partial charge in [-0.25, -0.2) is 0 Å². The average Bonchev–Trinajstić information content (AvgIpc) is 3.18. The Morgan fingerprint density at radius 3 is 2.43 bits per heavy atom. The van der Waals surface area contributed by atoms with Gasteiger partial charge in [0, 0.05) is 35.5 Å². The van der Waals surface area contributed by atoms with Gasteiger partial charge in [-0.2, -0.15) is 9.13 Å². The summed E-state index contributed by atoms with van der Waals surface area (Å²) in [6.45, 7) is 29.0. The highest BCUT2D eigenvalue weighted by molar-refractivity contribution is 6.89. The van der Waals surface area contributed by atoms with Crippen LogP contribution in [0.15, 0.2) is 91.8 Å². The van der Waals surface area contributed by atoms with Crippen LogP contribution >= 0.6 is 0 Å². The largest absolute Gasteiger partial charge is 0.442 e. The molecular weight excluding hydrogens is 615 g/mol. The van der Waals surface area contributed by atoms with Crippen LogP contribution in [0.4, 0.5) is 0 Å². The number of fused-ring (bicyclic) bond motifs is 8. The van der Waals surface area contributed by atoms with Crippen molar-refractivity contribution in [2.75, 3.05) is 6.54 Å². The van der Waals surface area contributed by atoms with Crippen molar-refractivity contribution in [2.45, 2.75) is 110 Å². The molecule has 3 aromatic rings. The molecular formula is C44H57N3OSi+2. The first-order chi connectivity index (χ1) is 23.4. The van der Waals surface area contributed by atoms with E-state index in [2.05, 4.69) is 123 Å². The number of ether oxygens (including phenoxy) is 1. The normalized spacial score (nSPS) is 21.9. The zero-order chi connectivity index (χ0) is 34.6. The molecule has 256 valence electrons. The Hall–Kier alpha value is -3.70. The summed E-state index contributed by atoms with van der Waals surface area (Å²) >= 11 is 0. The van der Waals surface area contributed by atoms with Crippen molar-refractivity contribution in [1.82, 2.24) is 5.32 Å². The van der Waals surface area contributed by atoms with E-state index in [1.807, 2.05) is 0 Å². The van der Waals surface area contributed by atoms with Crippen molar-refractivity contribution in [1.29, 1.82) is 0 Å². The standard InChI is InChI=1S/C44H57N3OSi/c1-28(2)23-36-25-40-38-18-14-13-17-37(38)39-20-19-35-26-45-32(6)48-31(5)43(35)41-24-34(29(3)33-15-11-10-12-16-33)21-22-46(41)30(4)44(39)47(40)27-42(36)49(7,8)9/h13-14,17-18,21-22,24-25,27-29,33,39,44-45H,4-6,10-12,15-16,19-20,23,26H2,1-3,7-9H3/q+2. The van der Waals surface area contributed by atoms with Gasteiger partial charge in [-0.1, -0.05) is 84.5 Å². The molecule has 49 heavy (non-hydrogen) atoms. The molecule has 5 heterocycles. The van der Waals surface area contributed by atoms with Gasteiger partial charge >= 0.3 is 0 Å². The molecule has 3 atom stereocenters. The zero-order valence-electron chi connectivity index (χ0n) is 30.9. The smallest absolute Gasteiger partial charge is 0.249 e. The summed E-state index contributed by atoms with van der Waals surface area (Å²) in [5.41, 5.74) is 11.7. The maximum absolute atomic E-state index is 6.25. The minimum Gasteiger partial charge on any atom is -0.442 e. The molecule has 1 fully saturated rings. The summed E-state index contributed by atoms with van der Waals surface area (Å²) in [5.74, 6) is 3.31. The predicted molar refractivity (Wildman–Crippen MR) is 206 cm³/mol. The molecule has 4 aliphatic rings. The van der Waals surface area contributed by atoms with Gasteiger partial charge in [0.05, 0.1) is 19.6 Å². The lowest BCUT2D eigenvalue weighted by molar-refractivity contribution is -0.728. The van der Waals surface area contributed by atoms with Crippen LogP contribution in [0, 0.1) is 11.8 Å². The van der Waals surface area contributed by atoms with Crippen LogP contribution < -0.4 is 19.6 Å². The topological polar surface area (TPSA) is 29.0 Å². The van der Waals surface area contributed by atoms with Gasteiger partial charge in [-0.3, -0.25) is 0 Å².